The van der Waals surface area contributed by atoms with Gasteiger partial charge < -0.3 is 30.6 Å². The molecular weight excluding hydrogens is 473 g/mol. The first-order valence-corrected chi connectivity index (χ1v) is 11.0. The number of nitrogens with zero attached hydrogens (tertiary/aromatic N) is 1. The summed E-state index contributed by atoms with van der Waals surface area (Å²) in [4.78, 5) is 0. The zero-order valence-electron chi connectivity index (χ0n) is 17.2. The number of quaternary nitrogens is 1. The molecule has 0 radical (unpaired) electrons. The summed E-state index contributed by atoms with van der Waals surface area (Å²) < 4.78 is 13.5. The normalized spacial score (nSPS) is 22.0. The molecule has 1 aromatic heterocycles. The van der Waals surface area contributed by atoms with E-state index >= 15 is 0 Å². The van der Waals surface area contributed by atoms with Gasteiger partial charge in [-0.1, -0.05) is 36.5 Å². The Kier molecular flexibility index (Phi) is 7.10. The maximum Gasteiger partial charge on any atom is 0.154 e. The van der Waals surface area contributed by atoms with Crippen molar-refractivity contribution < 1.29 is 30.6 Å². The molecule has 3 nitrogen and oxygen atoms in total. The van der Waals surface area contributed by atoms with E-state index in [1.54, 1.807) is 0 Å². The largest absolute Gasteiger partial charge is 1.00 e. The van der Waals surface area contributed by atoms with Crippen molar-refractivity contribution >= 4 is 45.1 Å². The molecule has 0 amide bonds. The molecule has 1 saturated heterocycles. The Bertz CT molecular complexity index is 1010. The van der Waals surface area contributed by atoms with E-state index in [9.17, 15) is 0 Å². The summed E-state index contributed by atoms with van der Waals surface area (Å²) >= 11 is 12.8. The Morgan fingerprint density at radius 3 is 2.55 bits per heavy atom. The zero-order valence-corrected chi connectivity index (χ0v) is 20.3. The second kappa shape index (κ2) is 9.05. The standard InChI is InChI=1S/C23H28Cl2NO2.BrH/c1-4-5-10-26(3)11-8-16(9-12-26)27-17-6-7-18-19-14-20(24)15(2)22(25)23(19)28-21(18)13-17;/h6-7,13-14,16H,4-5,8-12H2,1-3H3;1H/q+1;/p-1. The predicted octanol–water partition coefficient (Wildman–Crippen LogP) is 3.99. The van der Waals surface area contributed by atoms with Crippen LogP contribution in [-0.2, 0) is 0 Å². The lowest BCUT2D eigenvalue weighted by molar-refractivity contribution is -0.915. The lowest BCUT2D eigenvalue weighted by atomic mass is 10.0. The van der Waals surface area contributed by atoms with Gasteiger partial charge in [-0.2, -0.15) is 0 Å². The fourth-order valence-electron chi connectivity index (χ4n) is 4.23. The van der Waals surface area contributed by atoms with Crippen molar-refractivity contribution in [2.45, 2.75) is 45.6 Å². The first kappa shape index (κ1) is 22.7. The summed E-state index contributed by atoms with van der Waals surface area (Å²) in [5.41, 5.74) is 2.32. The lowest BCUT2D eigenvalue weighted by Gasteiger charge is -2.40. The molecule has 158 valence electrons. The first-order valence-electron chi connectivity index (χ1n) is 10.2. The monoisotopic (exact) mass is 499 g/mol. The number of fused-ring (bicyclic) bond motifs is 3. The van der Waals surface area contributed by atoms with Gasteiger partial charge in [-0.3, -0.25) is 0 Å². The van der Waals surface area contributed by atoms with Crippen LogP contribution >= 0.6 is 23.2 Å². The third-order valence-corrected chi connectivity index (χ3v) is 7.04. The number of rotatable bonds is 5. The van der Waals surface area contributed by atoms with Crippen LogP contribution in [0.25, 0.3) is 21.9 Å². The molecule has 1 fully saturated rings. The van der Waals surface area contributed by atoms with E-state index in [4.69, 9.17) is 32.4 Å². The topological polar surface area (TPSA) is 22.4 Å². The number of halogens is 3. The summed E-state index contributed by atoms with van der Waals surface area (Å²) in [5.74, 6) is 0.861. The molecule has 0 N–H and O–H groups in total. The summed E-state index contributed by atoms with van der Waals surface area (Å²) in [6, 6.07) is 7.98. The van der Waals surface area contributed by atoms with Crippen LogP contribution in [0.2, 0.25) is 10.0 Å². The Morgan fingerprint density at radius 2 is 1.86 bits per heavy atom. The molecule has 1 aliphatic rings. The second-order valence-electron chi connectivity index (χ2n) is 8.40. The Balaban J connectivity index is 0.00000240. The van der Waals surface area contributed by atoms with Gasteiger partial charge in [0.05, 0.1) is 31.7 Å². The molecule has 29 heavy (non-hydrogen) atoms. The summed E-state index contributed by atoms with van der Waals surface area (Å²) in [6.45, 7) is 7.81. The molecule has 2 heterocycles. The van der Waals surface area contributed by atoms with Gasteiger partial charge in [0.25, 0.3) is 0 Å². The van der Waals surface area contributed by atoms with Crippen molar-refractivity contribution in [2.24, 2.45) is 0 Å². The quantitative estimate of drug-likeness (QED) is 0.494. The van der Waals surface area contributed by atoms with Crippen LogP contribution in [-0.4, -0.2) is 37.3 Å². The van der Waals surface area contributed by atoms with Gasteiger partial charge in [-0.25, -0.2) is 0 Å². The molecule has 0 aliphatic carbocycles. The minimum Gasteiger partial charge on any atom is -1.00 e. The number of hydrogen-bond acceptors (Lipinski definition) is 2. The molecule has 2 aromatic carbocycles. The highest BCUT2D eigenvalue weighted by Crippen LogP contribution is 2.39. The van der Waals surface area contributed by atoms with Crippen molar-refractivity contribution in [3.8, 4) is 5.75 Å². The van der Waals surface area contributed by atoms with Crippen molar-refractivity contribution in [2.75, 3.05) is 26.7 Å². The van der Waals surface area contributed by atoms with Crippen molar-refractivity contribution in [3.05, 3.63) is 39.9 Å². The number of ether oxygens (including phenoxy) is 1. The predicted molar refractivity (Wildman–Crippen MR) is 118 cm³/mol. The molecular formula is C23H28BrCl2NO2. The highest BCUT2D eigenvalue weighted by molar-refractivity contribution is 6.40. The minimum atomic E-state index is 0. The molecule has 4 rings (SSSR count). The van der Waals surface area contributed by atoms with Crippen LogP contribution in [0, 0.1) is 6.92 Å². The summed E-state index contributed by atoms with van der Waals surface area (Å²) in [6.07, 6.45) is 5.03. The highest BCUT2D eigenvalue weighted by atomic mass is 79.9. The van der Waals surface area contributed by atoms with Gasteiger partial charge >= 0.3 is 0 Å². The SMILES string of the molecule is CCCC[N+]1(C)CCC(Oc2ccc3c(c2)oc2c(Cl)c(C)c(Cl)cc23)CC1.[Br-]. The van der Waals surface area contributed by atoms with E-state index in [0.29, 0.717) is 15.6 Å². The van der Waals surface area contributed by atoms with Gasteiger partial charge in [0.1, 0.15) is 17.4 Å². The van der Waals surface area contributed by atoms with Crippen molar-refractivity contribution in [1.82, 2.24) is 0 Å². The number of benzene rings is 2. The van der Waals surface area contributed by atoms with Gasteiger partial charge in [-0.05, 0) is 37.1 Å². The number of hydrogen-bond donors (Lipinski definition) is 0. The van der Waals surface area contributed by atoms with E-state index in [0.717, 1.165) is 40.5 Å². The molecule has 0 spiro atoms. The summed E-state index contributed by atoms with van der Waals surface area (Å²) in [5, 5.41) is 3.20. The molecule has 0 atom stereocenters. The number of likely N-dealkylation sites (tertiary alicyclic amines) is 1. The van der Waals surface area contributed by atoms with Gasteiger partial charge in [0, 0.05) is 34.7 Å². The van der Waals surface area contributed by atoms with Crippen molar-refractivity contribution in [3.63, 3.8) is 0 Å². The molecule has 0 bridgehead atoms. The maximum atomic E-state index is 6.45. The van der Waals surface area contributed by atoms with Crippen LogP contribution in [0.3, 0.4) is 0 Å². The van der Waals surface area contributed by atoms with E-state index in [1.807, 2.05) is 31.2 Å². The fourth-order valence-corrected chi connectivity index (χ4v) is 4.72. The number of furan rings is 1. The van der Waals surface area contributed by atoms with Crippen LogP contribution in [0.15, 0.2) is 28.7 Å². The third-order valence-electron chi connectivity index (χ3n) is 6.19. The Labute approximate surface area is 193 Å². The Hall–Kier alpha value is -0.940. The van der Waals surface area contributed by atoms with Crippen LogP contribution in [0.1, 0.15) is 38.2 Å². The van der Waals surface area contributed by atoms with E-state index in [1.165, 1.54) is 37.0 Å². The molecule has 3 aromatic rings. The van der Waals surface area contributed by atoms with Gasteiger partial charge in [0.2, 0.25) is 0 Å². The smallest absolute Gasteiger partial charge is 0.154 e. The average molecular weight is 501 g/mol. The zero-order chi connectivity index (χ0) is 19.9. The third kappa shape index (κ3) is 4.56. The number of piperidine rings is 1. The number of unbranched alkanes of at least 4 members (excludes halogenated alkanes) is 1. The first-order chi connectivity index (χ1) is 13.4. The van der Waals surface area contributed by atoms with Crippen molar-refractivity contribution in [1.29, 1.82) is 0 Å². The maximum absolute atomic E-state index is 6.45. The fraction of sp³-hybridized carbons (Fsp3) is 0.478. The van der Waals surface area contributed by atoms with Crippen LogP contribution in [0.4, 0.5) is 0 Å². The minimum absolute atomic E-state index is 0. The summed E-state index contributed by atoms with van der Waals surface area (Å²) in [7, 11) is 2.38. The highest BCUT2D eigenvalue weighted by Gasteiger charge is 2.30. The van der Waals surface area contributed by atoms with Gasteiger partial charge in [-0.15, -0.1) is 0 Å². The second-order valence-corrected chi connectivity index (χ2v) is 9.18. The molecule has 0 unspecified atom stereocenters. The lowest BCUT2D eigenvalue weighted by Crippen LogP contribution is -3.00. The van der Waals surface area contributed by atoms with E-state index in [-0.39, 0.29) is 23.1 Å². The van der Waals surface area contributed by atoms with Crippen LogP contribution in [0.5, 0.6) is 5.75 Å². The van der Waals surface area contributed by atoms with E-state index in [2.05, 4.69) is 14.0 Å². The molecule has 0 saturated carbocycles. The molecule has 1 aliphatic heterocycles. The Morgan fingerprint density at radius 1 is 1.14 bits per heavy atom. The molecule has 6 heteroatoms. The average Bonchev–Trinajstić information content (AvgIpc) is 3.04. The van der Waals surface area contributed by atoms with Gasteiger partial charge in [0.15, 0.2) is 5.58 Å². The van der Waals surface area contributed by atoms with E-state index < -0.39 is 0 Å². The van der Waals surface area contributed by atoms with Crippen LogP contribution < -0.4 is 21.7 Å².